The van der Waals surface area contributed by atoms with Gasteiger partial charge in [-0.1, -0.05) is 30.3 Å². The van der Waals surface area contributed by atoms with Crippen molar-refractivity contribution >= 4 is 11.5 Å². The second kappa shape index (κ2) is 8.97. The van der Waals surface area contributed by atoms with Gasteiger partial charge < -0.3 is 24.3 Å². The molecule has 34 heavy (non-hydrogen) atoms. The van der Waals surface area contributed by atoms with Crippen molar-refractivity contribution in [3.05, 3.63) is 74.5 Å². The summed E-state index contributed by atoms with van der Waals surface area (Å²) >= 11 is 0. The molecule has 1 aromatic heterocycles. The summed E-state index contributed by atoms with van der Waals surface area (Å²) in [4.78, 5) is 24.2. The minimum absolute atomic E-state index is 0.150. The van der Waals surface area contributed by atoms with E-state index in [2.05, 4.69) is 9.72 Å². The largest absolute Gasteiger partial charge is 0.573 e. The van der Waals surface area contributed by atoms with Gasteiger partial charge in [-0.2, -0.15) is 0 Å². The molecule has 2 heterocycles. The summed E-state index contributed by atoms with van der Waals surface area (Å²) in [5.41, 5.74) is 0.835. The molecule has 2 aromatic carbocycles. The van der Waals surface area contributed by atoms with Gasteiger partial charge in [0.25, 0.3) is 0 Å². The third kappa shape index (κ3) is 5.23. The molecule has 14 heteroatoms. The molecule has 0 N–H and O–H groups in total. The highest BCUT2D eigenvalue weighted by Gasteiger charge is 2.34. The van der Waals surface area contributed by atoms with Crippen molar-refractivity contribution in [3.63, 3.8) is 0 Å². The van der Waals surface area contributed by atoms with Crippen molar-refractivity contribution in [1.82, 2.24) is 9.55 Å². The highest BCUT2D eigenvalue weighted by atomic mass is 19.4. The average Bonchev–Trinajstić information content (AvgIpc) is 3.21. The number of benzene rings is 2. The molecular weight excluding hydrogens is 465 g/mol. The first-order valence-corrected chi connectivity index (χ1v) is 9.68. The van der Waals surface area contributed by atoms with Crippen molar-refractivity contribution in [1.29, 1.82) is 0 Å². The Bertz CT molecular complexity index is 1230. The van der Waals surface area contributed by atoms with E-state index in [-0.39, 0.29) is 31.1 Å². The first-order chi connectivity index (χ1) is 16.1. The van der Waals surface area contributed by atoms with Gasteiger partial charge in [0.15, 0.2) is 0 Å². The molecule has 3 aromatic rings. The summed E-state index contributed by atoms with van der Waals surface area (Å²) in [6.07, 6.45) is -4.15. The van der Waals surface area contributed by atoms with Crippen molar-refractivity contribution in [3.8, 4) is 22.9 Å². The summed E-state index contributed by atoms with van der Waals surface area (Å²) in [6, 6.07) is 10.1. The average molecular weight is 480 g/mol. The Morgan fingerprint density at radius 2 is 1.79 bits per heavy atom. The summed E-state index contributed by atoms with van der Waals surface area (Å²) in [6.45, 7) is 0.686. The van der Waals surface area contributed by atoms with Gasteiger partial charge in [-0.3, -0.25) is 14.7 Å². The van der Waals surface area contributed by atoms with Crippen molar-refractivity contribution in [2.45, 2.75) is 25.6 Å². The Kier molecular flexibility index (Phi) is 6.06. The molecule has 1 atom stereocenters. The van der Waals surface area contributed by atoms with Crippen LogP contribution in [0.3, 0.4) is 0 Å². The highest BCUT2D eigenvalue weighted by molar-refractivity contribution is 5.69. The molecule has 0 saturated heterocycles. The molecule has 0 radical (unpaired) electrons. The van der Waals surface area contributed by atoms with E-state index >= 15 is 0 Å². The summed E-state index contributed by atoms with van der Waals surface area (Å²) in [5, 5.41) is 22.0. The molecule has 0 amide bonds. The summed E-state index contributed by atoms with van der Waals surface area (Å²) in [7, 11) is 0. The normalized spacial score (nSPS) is 15.3. The maximum absolute atomic E-state index is 12.5. The Hall–Kier alpha value is -4.20. The molecule has 1 aliphatic heterocycles. The van der Waals surface area contributed by atoms with E-state index in [0.29, 0.717) is 17.7 Å². The standard InChI is InChI=1S/C20H15F3N4O7/c21-20(22,23)34-17-6-5-14(7-16(17)26(28)29)13-3-1-12(2-4-13)10-32-15-8-25-9-18(27(30)31)24-19(25)33-11-15/h1-7,9,15H,8,10-11H2/t15-/m0/s1. The smallest absolute Gasteiger partial charge is 0.443 e. The van der Waals surface area contributed by atoms with Crippen molar-refractivity contribution in [2.24, 2.45) is 0 Å². The fraction of sp³-hybridized carbons (Fsp3) is 0.250. The maximum atomic E-state index is 12.5. The van der Waals surface area contributed by atoms with Crippen LogP contribution in [0.4, 0.5) is 24.7 Å². The Morgan fingerprint density at radius 3 is 2.44 bits per heavy atom. The van der Waals surface area contributed by atoms with Crippen LogP contribution >= 0.6 is 0 Å². The maximum Gasteiger partial charge on any atom is 0.573 e. The number of hydrogen-bond acceptors (Lipinski definition) is 8. The monoisotopic (exact) mass is 480 g/mol. The lowest BCUT2D eigenvalue weighted by Gasteiger charge is -2.22. The van der Waals surface area contributed by atoms with Gasteiger partial charge in [-0.05, 0) is 27.7 Å². The number of alkyl halides is 3. The number of nitrogens with zero attached hydrogens (tertiary/aromatic N) is 4. The van der Waals surface area contributed by atoms with Crippen LogP contribution in [0.25, 0.3) is 11.1 Å². The van der Waals surface area contributed by atoms with Crippen LogP contribution in [0, 0.1) is 20.2 Å². The van der Waals surface area contributed by atoms with Gasteiger partial charge in [-0.15, -0.1) is 13.2 Å². The first-order valence-electron chi connectivity index (χ1n) is 9.68. The number of hydrogen-bond donors (Lipinski definition) is 0. The second-order valence-corrected chi connectivity index (χ2v) is 7.22. The first kappa shape index (κ1) is 23.0. The fourth-order valence-corrected chi connectivity index (χ4v) is 3.32. The van der Waals surface area contributed by atoms with E-state index in [4.69, 9.17) is 9.47 Å². The second-order valence-electron chi connectivity index (χ2n) is 7.22. The molecule has 0 saturated carbocycles. The van der Waals surface area contributed by atoms with E-state index in [1.165, 1.54) is 16.8 Å². The Balaban J connectivity index is 1.41. The molecule has 0 bridgehead atoms. The van der Waals surface area contributed by atoms with Crippen molar-refractivity contribution < 1.29 is 37.2 Å². The molecule has 0 spiro atoms. The number of nitro benzene ring substituents is 1. The minimum atomic E-state index is -5.05. The van der Waals surface area contributed by atoms with Crippen LogP contribution in [0.15, 0.2) is 48.7 Å². The van der Waals surface area contributed by atoms with E-state index in [0.717, 1.165) is 17.7 Å². The SMILES string of the molecule is O=[N+]([O-])c1cn2c(n1)OC[C@@H](OCc1ccc(-c3ccc(OC(F)(F)F)c([N+](=O)[O-])c3)cc1)C2. The van der Waals surface area contributed by atoms with Crippen LogP contribution in [-0.2, 0) is 17.9 Å². The lowest BCUT2D eigenvalue weighted by atomic mass is 10.0. The predicted octanol–water partition coefficient (Wildman–Crippen LogP) is 4.24. The zero-order chi connectivity index (χ0) is 24.5. The van der Waals surface area contributed by atoms with E-state index in [9.17, 15) is 33.4 Å². The number of fused-ring (bicyclic) bond motifs is 1. The van der Waals surface area contributed by atoms with Gasteiger partial charge in [0, 0.05) is 11.1 Å². The number of aromatic nitrogens is 2. The van der Waals surface area contributed by atoms with Crippen LogP contribution < -0.4 is 9.47 Å². The number of imidazole rings is 1. The highest BCUT2D eigenvalue weighted by Crippen LogP contribution is 2.35. The van der Waals surface area contributed by atoms with Gasteiger partial charge in [0.2, 0.25) is 5.75 Å². The van der Waals surface area contributed by atoms with E-state index in [1.54, 1.807) is 24.3 Å². The van der Waals surface area contributed by atoms with Crippen LogP contribution in [0.5, 0.6) is 11.8 Å². The fourth-order valence-electron chi connectivity index (χ4n) is 3.32. The van der Waals surface area contributed by atoms with Gasteiger partial charge in [0.05, 0.1) is 18.1 Å². The third-order valence-electron chi connectivity index (χ3n) is 4.87. The number of nitro groups is 2. The number of rotatable bonds is 7. The van der Waals surface area contributed by atoms with Crippen LogP contribution in [0.2, 0.25) is 0 Å². The molecule has 0 aliphatic carbocycles. The predicted molar refractivity (Wildman–Crippen MR) is 108 cm³/mol. The number of ether oxygens (including phenoxy) is 3. The molecule has 0 unspecified atom stereocenters. The van der Waals surface area contributed by atoms with Gasteiger partial charge >= 0.3 is 23.9 Å². The molecular formula is C20H15F3N4O7. The molecule has 4 rings (SSSR count). The van der Waals surface area contributed by atoms with E-state index in [1.807, 2.05) is 0 Å². The Labute approximate surface area is 188 Å². The molecule has 11 nitrogen and oxygen atoms in total. The van der Waals surface area contributed by atoms with Crippen LogP contribution in [0.1, 0.15) is 5.56 Å². The zero-order valence-corrected chi connectivity index (χ0v) is 17.1. The minimum Gasteiger partial charge on any atom is -0.443 e. The summed E-state index contributed by atoms with van der Waals surface area (Å²) in [5.74, 6) is -1.21. The zero-order valence-electron chi connectivity index (χ0n) is 17.1. The molecule has 178 valence electrons. The van der Waals surface area contributed by atoms with E-state index < -0.39 is 27.6 Å². The lowest BCUT2D eigenvalue weighted by Crippen LogP contribution is -2.32. The summed E-state index contributed by atoms with van der Waals surface area (Å²) < 4.78 is 53.8. The van der Waals surface area contributed by atoms with Gasteiger partial charge in [-0.25, -0.2) is 0 Å². The van der Waals surface area contributed by atoms with Crippen molar-refractivity contribution in [2.75, 3.05) is 6.61 Å². The van der Waals surface area contributed by atoms with Crippen LogP contribution in [-0.4, -0.2) is 38.5 Å². The molecule has 1 aliphatic rings. The van der Waals surface area contributed by atoms with Gasteiger partial charge in [0.1, 0.15) is 18.9 Å². The quantitative estimate of drug-likeness (QED) is 0.362. The topological polar surface area (TPSA) is 132 Å². The Morgan fingerprint density at radius 1 is 1.09 bits per heavy atom. The lowest BCUT2D eigenvalue weighted by molar-refractivity contribution is -0.389. The number of halogens is 3. The molecule has 0 fully saturated rings. The third-order valence-corrected chi connectivity index (χ3v) is 4.87.